The van der Waals surface area contributed by atoms with E-state index in [0.717, 1.165) is 13.0 Å². The first kappa shape index (κ1) is 14.7. The Kier molecular flexibility index (Phi) is 3.61. The average molecular weight is 312 g/mol. The molecule has 0 bridgehead atoms. The number of hydrogen-bond acceptors (Lipinski definition) is 5. The standard InChI is InChI=1S/C15H20O5S/c1-18-14-7-12(21(2,16)17)3-4-13(14)19-9-11-8-15(5-6-15)10-20-11/h3-4,7,11H,5-6,8-10H2,1-2H3. The van der Waals surface area contributed by atoms with Gasteiger partial charge in [0.1, 0.15) is 6.61 Å². The van der Waals surface area contributed by atoms with E-state index >= 15 is 0 Å². The van der Waals surface area contributed by atoms with Crippen molar-refractivity contribution in [2.75, 3.05) is 26.6 Å². The zero-order valence-corrected chi connectivity index (χ0v) is 13.1. The van der Waals surface area contributed by atoms with Gasteiger partial charge in [-0.25, -0.2) is 8.42 Å². The second-order valence-electron chi connectivity index (χ2n) is 6.03. The molecule has 116 valence electrons. The van der Waals surface area contributed by atoms with Crippen LogP contribution >= 0.6 is 0 Å². The summed E-state index contributed by atoms with van der Waals surface area (Å²) in [6.07, 6.45) is 4.86. The fourth-order valence-corrected chi connectivity index (χ4v) is 3.34. The molecule has 6 heteroatoms. The molecule has 1 aromatic carbocycles. The lowest BCUT2D eigenvalue weighted by Gasteiger charge is -2.14. The van der Waals surface area contributed by atoms with Crippen LogP contribution in [0, 0.1) is 5.41 Å². The Labute approximate surface area is 125 Å². The maximum absolute atomic E-state index is 11.5. The number of benzene rings is 1. The minimum absolute atomic E-state index is 0.117. The van der Waals surface area contributed by atoms with Gasteiger partial charge in [-0.2, -0.15) is 0 Å². The second kappa shape index (κ2) is 5.18. The van der Waals surface area contributed by atoms with Crippen LogP contribution in [0.3, 0.4) is 0 Å². The van der Waals surface area contributed by atoms with Gasteiger partial charge in [0.25, 0.3) is 0 Å². The summed E-state index contributed by atoms with van der Waals surface area (Å²) in [4.78, 5) is 0.223. The molecule has 3 rings (SSSR count). The zero-order valence-electron chi connectivity index (χ0n) is 12.3. The predicted octanol–water partition coefficient (Wildman–Crippen LogP) is 2.05. The van der Waals surface area contributed by atoms with Crippen LogP contribution in [-0.2, 0) is 14.6 Å². The van der Waals surface area contributed by atoms with Gasteiger partial charge in [0, 0.05) is 12.3 Å². The Hall–Kier alpha value is -1.27. The molecule has 0 aromatic heterocycles. The third-order valence-electron chi connectivity index (χ3n) is 4.23. The van der Waals surface area contributed by atoms with Crippen LogP contribution in [-0.4, -0.2) is 41.1 Å². The highest BCUT2D eigenvalue weighted by Gasteiger charge is 2.49. The van der Waals surface area contributed by atoms with Crippen molar-refractivity contribution in [1.29, 1.82) is 0 Å². The summed E-state index contributed by atoms with van der Waals surface area (Å²) >= 11 is 0. The summed E-state index contributed by atoms with van der Waals surface area (Å²) in [6, 6.07) is 4.66. The van der Waals surface area contributed by atoms with Gasteiger partial charge in [0.05, 0.1) is 24.7 Å². The topological polar surface area (TPSA) is 61.8 Å². The van der Waals surface area contributed by atoms with Gasteiger partial charge in [-0.05, 0) is 36.8 Å². The van der Waals surface area contributed by atoms with Gasteiger partial charge in [-0.3, -0.25) is 0 Å². The Balaban J connectivity index is 1.67. The van der Waals surface area contributed by atoms with Crippen molar-refractivity contribution in [1.82, 2.24) is 0 Å². The zero-order chi connectivity index (χ0) is 15.1. The van der Waals surface area contributed by atoms with Crippen molar-refractivity contribution in [3.8, 4) is 11.5 Å². The molecule has 1 saturated heterocycles. The van der Waals surface area contributed by atoms with Crippen molar-refractivity contribution in [2.24, 2.45) is 5.41 Å². The Morgan fingerprint density at radius 3 is 2.67 bits per heavy atom. The molecule has 1 atom stereocenters. The van der Waals surface area contributed by atoms with Crippen LogP contribution in [0.25, 0.3) is 0 Å². The van der Waals surface area contributed by atoms with Crippen molar-refractivity contribution in [3.63, 3.8) is 0 Å². The first-order valence-electron chi connectivity index (χ1n) is 7.04. The number of sulfone groups is 1. The van der Waals surface area contributed by atoms with Gasteiger partial charge in [0.15, 0.2) is 21.3 Å². The summed E-state index contributed by atoms with van der Waals surface area (Å²) in [7, 11) is -1.75. The lowest BCUT2D eigenvalue weighted by atomic mass is 10.0. The second-order valence-corrected chi connectivity index (χ2v) is 8.05. The van der Waals surface area contributed by atoms with Crippen LogP contribution in [0.1, 0.15) is 19.3 Å². The fraction of sp³-hybridized carbons (Fsp3) is 0.600. The fourth-order valence-electron chi connectivity index (χ4n) is 2.71. The Bertz CT molecular complexity index is 633. The highest BCUT2D eigenvalue weighted by atomic mass is 32.2. The van der Waals surface area contributed by atoms with E-state index in [1.807, 2.05) is 0 Å². The average Bonchev–Trinajstić information content (AvgIpc) is 3.07. The van der Waals surface area contributed by atoms with Crippen molar-refractivity contribution in [2.45, 2.75) is 30.3 Å². The minimum atomic E-state index is -3.25. The Morgan fingerprint density at radius 2 is 2.10 bits per heavy atom. The van der Waals surface area contributed by atoms with Gasteiger partial charge < -0.3 is 14.2 Å². The van der Waals surface area contributed by atoms with Crippen LogP contribution in [0.15, 0.2) is 23.1 Å². The molecule has 1 aliphatic heterocycles. The molecule has 2 aliphatic rings. The lowest BCUT2D eigenvalue weighted by molar-refractivity contribution is 0.0642. The molecular weight excluding hydrogens is 292 g/mol. The van der Waals surface area contributed by atoms with E-state index in [0.29, 0.717) is 23.5 Å². The molecule has 1 aliphatic carbocycles. The highest BCUT2D eigenvalue weighted by molar-refractivity contribution is 7.90. The van der Waals surface area contributed by atoms with E-state index in [1.165, 1.54) is 38.3 Å². The monoisotopic (exact) mass is 312 g/mol. The number of ether oxygens (including phenoxy) is 3. The van der Waals surface area contributed by atoms with Crippen LogP contribution in [0.5, 0.6) is 11.5 Å². The molecule has 5 nitrogen and oxygen atoms in total. The predicted molar refractivity (Wildman–Crippen MR) is 77.6 cm³/mol. The molecule has 1 unspecified atom stereocenters. The maximum Gasteiger partial charge on any atom is 0.175 e. The van der Waals surface area contributed by atoms with Crippen molar-refractivity contribution in [3.05, 3.63) is 18.2 Å². The molecule has 0 N–H and O–H groups in total. The number of rotatable bonds is 5. The molecule has 1 aromatic rings. The first-order valence-corrected chi connectivity index (χ1v) is 8.94. The SMILES string of the molecule is COc1cc(S(C)(=O)=O)ccc1OCC1CC2(CC2)CO1. The van der Waals surface area contributed by atoms with Crippen molar-refractivity contribution >= 4 is 9.84 Å². The van der Waals surface area contributed by atoms with Crippen LogP contribution in [0.2, 0.25) is 0 Å². The molecule has 2 fully saturated rings. The highest BCUT2D eigenvalue weighted by Crippen LogP contribution is 2.53. The molecule has 0 radical (unpaired) electrons. The third kappa shape index (κ3) is 3.16. The van der Waals surface area contributed by atoms with E-state index in [1.54, 1.807) is 6.07 Å². The summed E-state index contributed by atoms with van der Waals surface area (Å²) in [6.45, 7) is 1.31. The normalized spacial score (nSPS) is 23.2. The van der Waals surface area contributed by atoms with Crippen LogP contribution < -0.4 is 9.47 Å². The van der Waals surface area contributed by atoms with Crippen LogP contribution in [0.4, 0.5) is 0 Å². The molecular formula is C15H20O5S. The lowest BCUT2D eigenvalue weighted by Crippen LogP contribution is -2.17. The quantitative estimate of drug-likeness (QED) is 0.832. The summed E-state index contributed by atoms with van der Waals surface area (Å²) in [5, 5.41) is 0. The first-order chi connectivity index (χ1) is 9.92. The van der Waals surface area contributed by atoms with E-state index in [2.05, 4.69) is 0 Å². The molecule has 0 amide bonds. The third-order valence-corrected chi connectivity index (χ3v) is 5.34. The smallest absolute Gasteiger partial charge is 0.175 e. The van der Waals surface area contributed by atoms with E-state index < -0.39 is 9.84 Å². The minimum Gasteiger partial charge on any atom is -0.493 e. The van der Waals surface area contributed by atoms with Gasteiger partial charge in [0.2, 0.25) is 0 Å². The number of methoxy groups -OCH3 is 1. The summed E-state index contributed by atoms with van der Waals surface area (Å²) in [5.41, 5.74) is 0.429. The maximum atomic E-state index is 11.5. The largest absolute Gasteiger partial charge is 0.493 e. The van der Waals surface area contributed by atoms with Gasteiger partial charge in [-0.15, -0.1) is 0 Å². The molecule has 1 heterocycles. The molecule has 21 heavy (non-hydrogen) atoms. The van der Waals surface area contributed by atoms with E-state index in [-0.39, 0.29) is 11.0 Å². The van der Waals surface area contributed by atoms with Gasteiger partial charge in [-0.1, -0.05) is 0 Å². The molecule has 1 saturated carbocycles. The van der Waals surface area contributed by atoms with Gasteiger partial charge >= 0.3 is 0 Å². The number of hydrogen-bond donors (Lipinski definition) is 0. The molecule has 1 spiro atoms. The van der Waals surface area contributed by atoms with Crippen molar-refractivity contribution < 1.29 is 22.6 Å². The van der Waals surface area contributed by atoms with E-state index in [4.69, 9.17) is 14.2 Å². The van der Waals surface area contributed by atoms with E-state index in [9.17, 15) is 8.42 Å². The Morgan fingerprint density at radius 1 is 1.33 bits per heavy atom. The summed E-state index contributed by atoms with van der Waals surface area (Å²) < 4.78 is 39.8. The summed E-state index contributed by atoms with van der Waals surface area (Å²) in [5.74, 6) is 0.974.